The zero-order chi connectivity index (χ0) is 5.11. The molecule has 1 aliphatic rings. The average molecular weight is 135 g/mol. The summed E-state index contributed by atoms with van der Waals surface area (Å²) in [5.74, 6) is 0. The Morgan fingerprint density at radius 2 is 2.25 bits per heavy atom. The molecule has 0 saturated carbocycles. The molecule has 0 fully saturated rings. The molecule has 5 heteroatoms. The van der Waals surface area contributed by atoms with Gasteiger partial charge in [-0.3, -0.25) is 0 Å². The van der Waals surface area contributed by atoms with Crippen molar-refractivity contribution in [2.24, 2.45) is 10.2 Å². The zero-order valence-corrected chi connectivity index (χ0v) is 4.84. The summed E-state index contributed by atoms with van der Waals surface area (Å²) in [7, 11) is 0. The van der Waals surface area contributed by atoms with E-state index in [1.54, 1.807) is 0 Å². The molecule has 0 aromatic heterocycles. The number of rotatable bonds is 0. The van der Waals surface area contributed by atoms with E-state index in [0.717, 1.165) is 6.34 Å². The van der Waals surface area contributed by atoms with E-state index in [0.29, 0.717) is 11.3 Å². The maximum absolute atomic E-state index is 10.1. The van der Waals surface area contributed by atoms with Crippen LogP contribution in [0.5, 0.6) is 0 Å². The number of halogens is 1. The molecule has 0 aromatic carbocycles. The van der Waals surface area contributed by atoms with Crippen LogP contribution in [0.4, 0.5) is 0 Å². The van der Waals surface area contributed by atoms with E-state index >= 15 is 0 Å². The van der Waals surface area contributed by atoms with E-state index in [1.165, 1.54) is 6.21 Å². The molecule has 0 saturated heterocycles. The summed E-state index contributed by atoms with van der Waals surface area (Å²) < 4.78 is 0.701. The first-order valence-electron chi connectivity index (χ1n) is 1.88. The van der Waals surface area contributed by atoms with Crippen molar-refractivity contribution in [3.05, 3.63) is 4.91 Å². The van der Waals surface area contributed by atoms with E-state index in [4.69, 9.17) is 0 Å². The Balaban J connectivity index is 0.000000490. The van der Waals surface area contributed by atoms with Gasteiger partial charge in [0.25, 0.3) is 0 Å². The van der Waals surface area contributed by atoms with Gasteiger partial charge in [-0.15, -0.1) is 12.4 Å². The third-order valence-corrected chi connectivity index (χ3v) is 0.590. The molecule has 0 radical (unpaired) electrons. The third-order valence-electron chi connectivity index (χ3n) is 0.590. The lowest BCUT2D eigenvalue weighted by Crippen LogP contribution is -2.10. The van der Waals surface area contributed by atoms with Crippen LogP contribution in [0, 0.1) is 4.91 Å². The van der Waals surface area contributed by atoms with Crippen molar-refractivity contribution in [3.8, 4) is 0 Å². The molecule has 0 bridgehead atoms. The van der Waals surface area contributed by atoms with Crippen molar-refractivity contribution in [1.29, 1.82) is 0 Å². The van der Waals surface area contributed by atoms with Gasteiger partial charge in [0.05, 0.1) is 11.3 Å². The van der Waals surface area contributed by atoms with Gasteiger partial charge in [0.15, 0.2) is 6.54 Å². The Labute approximate surface area is 52.3 Å². The summed E-state index contributed by atoms with van der Waals surface area (Å²) >= 11 is 0. The van der Waals surface area contributed by atoms with Crippen LogP contribution in [0.25, 0.3) is 0 Å². The molecule has 0 aliphatic carbocycles. The molecule has 44 valence electrons. The first-order chi connectivity index (χ1) is 3.39. The summed E-state index contributed by atoms with van der Waals surface area (Å²) in [6, 6.07) is 0. The molecule has 0 aromatic rings. The monoisotopic (exact) mass is 134 g/mol. The van der Waals surface area contributed by atoms with Crippen molar-refractivity contribution in [2.75, 3.05) is 6.54 Å². The van der Waals surface area contributed by atoms with Crippen LogP contribution in [-0.2, 0) is 0 Å². The molecule has 1 aliphatic heterocycles. The highest BCUT2D eigenvalue weighted by atomic mass is 35.5. The van der Waals surface area contributed by atoms with E-state index in [2.05, 4.69) is 10.2 Å². The van der Waals surface area contributed by atoms with Crippen LogP contribution >= 0.6 is 12.4 Å². The second kappa shape index (κ2) is 3.26. The topological polar surface area (TPSA) is 44.8 Å². The van der Waals surface area contributed by atoms with Gasteiger partial charge in [-0.2, -0.15) is 0 Å². The van der Waals surface area contributed by atoms with Crippen molar-refractivity contribution in [3.63, 3.8) is 0 Å². The zero-order valence-electron chi connectivity index (χ0n) is 4.02. The molecule has 0 spiro atoms. The first-order valence-corrected chi connectivity index (χ1v) is 1.88. The van der Waals surface area contributed by atoms with Crippen LogP contribution in [0.1, 0.15) is 0 Å². The minimum Gasteiger partial charge on any atom is -0.147 e. The van der Waals surface area contributed by atoms with Crippen LogP contribution in [0.2, 0.25) is 0 Å². The maximum atomic E-state index is 10.1. The van der Waals surface area contributed by atoms with Crippen molar-refractivity contribution < 1.29 is 4.76 Å². The number of nitroso groups, excluding NO2 is 1. The maximum Gasteiger partial charge on any atom is 0.352 e. The van der Waals surface area contributed by atoms with E-state index in [1.807, 2.05) is 0 Å². The fourth-order valence-corrected chi connectivity index (χ4v) is 0.299. The lowest BCUT2D eigenvalue weighted by Gasteiger charge is -1.80. The molecule has 0 unspecified atom stereocenters. The average Bonchev–Trinajstić information content (AvgIpc) is 1.69. The summed E-state index contributed by atoms with van der Waals surface area (Å²) in [5, 5.41) is 6.75. The number of hydrogen-bond acceptors (Lipinski definition) is 3. The normalized spacial score (nSPS) is 15.8. The largest absolute Gasteiger partial charge is 0.352 e. The lowest BCUT2D eigenvalue weighted by atomic mass is 10.7. The van der Waals surface area contributed by atoms with Crippen molar-refractivity contribution in [1.82, 2.24) is 0 Å². The van der Waals surface area contributed by atoms with Gasteiger partial charge >= 0.3 is 6.34 Å². The van der Waals surface area contributed by atoms with Gasteiger partial charge in [0.1, 0.15) is 0 Å². The summed E-state index contributed by atoms with van der Waals surface area (Å²) in [6.45, 7) is 0.323. The molecule has 1 heterocycles. The molecular formula is C3H5ClN3O+. The van der Waals surface area contributed by atoms with Gasteiger partial charge in [-0.25, -0.2) is 0 Å². The quantitative estimate of drug-likeness (QED) is 0.437. The SMILES string of the molecule is Cl.O=[N+]1C=NN=CC1. The molecule has 0 N–H and O–H groups in total. The highest BCUT2D eigenvalue weighted by Gasteiger charge is 2.00. The van der Waals surface area contributed by atoms with Crippen LogP contribution in [0.15, 0.2) is 10.2 Å². The molecule has 0 atom stereocenters. The van der Waals surface area contributed by atoms with Gasteiger partial charge in [-0.1, -0.05) is 4.91 Å². The van der Waals surface area contributed by atoms with E-state index < -0.39 is 0 Å². The number of hydrogen-bond donors (Lipinski definition) is 0. The predicted molar refractivity (Wildman–Crippen MR) is 32.7 cm³/mol. The van der Waals surface area contributed by atoms with Crippen LogP contribution in [0.3, 0.4) is 0 Å². The highest BCUT2D eigenvalue weighted by molar-refractivity contribution is 5.85. The van der Waals surface area contributed by atoms with Gasteiger partial charge < -0.3 is 0 Å². The van der Waals surface area contributed by atoms with Gasteiger partial charge in [0, 0.05) is 0 Å². The second-order valence-electron chi connectivity index (χ2n) is 1.13. The summed E-state index contributed by atoms with van der Waals surface area (Å²) in [6.07, 6.45) is 2.59. The molecule has 4 nitrogen and oxygen atoms in total. The third kappa shape index (κ3) is 1.79. The van der Waals surface area contributed by atoms with Gasteiger partial charge in [-0.05, 0) is 9.86 Å². The van der Waals surface area contributed by atoms with Crippen LogP contribution < -0.4 is 0 Å². The first kappa shape index (κ1) is 7.23. The minimum absolute atomic E-state index is 0. The Kier molecular flexibility index (Phi) is 2.95. The fraction of sp³-hybridized carbons (Fsp3) is 0.333. The Bertz CT molecular complexity index is 141. The Morgan fingerprint density at radius 3 is 2.50 bits per heavy atom. The lowest BCUT2D eigenvalue weighted by molar-refractivity contribution is -0.403. The molecule has 0 amide bonds. The highest BCUT2D eigenvalue weighted by Crippen LogP contribution is 1.75. The molecular weight excluding hydrogens is 130 g/mol. The van der Waals surface area contributed by atoms with E-state index in [9.17, 15) is 4.91 Å². The summed E-state index contributed by atoms with van der Waals surface area (Å²) in [4.78, 5) is 10.1. The minimum atomic E-state index is 0. The van der Waals surface area contributed by atoms with E-state index in [-0.39, 0.29) is 12.4 Å². The van der Waals surface area contributed by atoms with Crippen LogP contribution in [-0.4, -0.2) is 23.9 Å². The summed E-state index contributed by atoms with van der Waals surface area (Å²) in [5.41, 5.74) is 0. The number of nitrogens with zero attached hydrogens (tertiary/aromatic N) is 3. The standard InChI is InChI=1S/C3H4N3O.ClH/c7-6-2-1-4-5-3-6;/h1,3H,2H2;1H/q+1;. The predicted octanol–water partition coefficient (Wildman–Crippen LogP) is 0.215. The molecule has 1 rings (SSSR count). The Hall–Kier alpha value is -0.770. The van der Waals surface area contributed by atoms with Gasteiger partial charge in [0.2, 0.25) is 0 Å². The molecule has 8 heavy (non-hydrogen) atoms. The van der Waals surface area contributed by atoms with Crippen molar-refractivity contribution >= 4 is 25.0 Å². The fourth-order valence-electron chi connectivity index (χ4n) is 0.299. The smallest absolute Gasteiger partial charge is 0.147 e. The van der Waals surface area contributed by atoms with Crippen molar-refractivity contribution in [2.45, 2.75) is 0 Å². The Morgan fingerprint density at radius 1 is 1.50 bits per heavy atom. The second-order valence-corrected chi connectivity index (χ2v) is 1.13.